The molecular formula is C8H12Cl4. The van der Waals surface area contributed by atoms with E-state index in [1.807, 2.05) is 13.8 Å². The Hall–Kier alpha value is 0.900. The van der Waals surface area contributed by atoms with E-state index in [0.29, 0.717) is 22.9 Å². The normalized spacial score (nSPS) is 18.5. The van der Waals surface area contributed by atoms with Gasteiger partial charge in [0.15, 0.2) is 0 Å². The van der Waals surface area contributed by atoms with Crippen LogP contribution in [0, 0.1) is 0 Å². The Bertz CT molecular complexity index is 142. The van der Waals surface area contributed by atoms with Crippen molar-refractivity contribution >= 4 is 46.4 Å². The molecular weight excluding hydrogens is 238 g/mol. The predicted molar refractivity (Wildman–Crippen MR) is 58.6 cm³/mol. The van der Waals surface area contributed by atoms with Crippen LogP contribution < -0.4 is 0 Å². The molecule has 0 saturated carbocycles. The fourth-order valence-corrected chi connectivity index (χ4v) is 1.80. The van der Waals surface area contributed by atoms with Crippen molar-refractivity contribution in [3.63, 3.8) is 0 Å². The zero-order valence-corrected chi connectivity index (χ0v) is 10.1. The lowest BCUT2D eigenvalue weighted by atomic mass is 10.2. The van der Waals surface area contributed by atoms with Crippen LogP contribution in [-0.2, 0) is 0 Å². The third-order valence-electron chi connectivity index (χ3n) is 1.22. The standard InChI is InChI=1S/C8H12Cl4/c1-5(9)3-7(11)8(12)4-6(2)10/h5-6H,3-4H2,1-2H3. The first-order chi connectivity index (χ1) is 5.43. The Balaban J connectivity index is 4.06. The highest BCUT2D eigenvalue weighted by Gasteiger charge is 2.07. The van der Waals surface area contributed by atoms with Gasteiger partial charge in [-0.05, 0) is 13.8 Å². The van der Waals surface area contributed by atoms with Crippen molar-refractivity contribution in [2.24, 2.45) is 0 Å². The Morgan fingerprint density at radius 3 is 1.33 bits per heavy atom. The highest BCUT2D eigenvalue weighted by molar-refractivity contribution is 6.39. The lowest BCUT2D eigenvalue weighted by Crippen LogP contribution is -1.95. The lowest BCUT2D eigenvalue weighted by Gasteiger charge is -2.06. The van der Waals surface area contributed by atoms with Gasteiger partial charge in [0, 0.05) is 33.7 Å². The number of halogens is 4. The number of alkyl halides is 2. The smallest absolute Gasteiger partial charge is 0.0357 e. The molecule has 0 aromatic carbocycles. The molecule has 0 heterocycles. The molecule has 0 aliphatic heterocycles. The number of rotatable bonds is 4. The highest BCUT2D eigenvalue weighted by atomic mass is 35.5. The van der Waals surface area contributed by atoms with Crippen LogP contribution in [0.2, 0.25) is 0 Å². The van der Waals surface area contributed by atoms with E-state index < -0.39 is 0 Å². The lowest BCUT2D eigenvalue weighted by molar-refractivity contribution is 0.909. The van der Waals surface area contributed by atoms with Crippen LogP contribution in [0.1, 0.15) is 26.7 Å². The van der Waals surface area contributed by atoms with E-state index in [-0.39, 0.29) is 10.8 Å². The molecule has 0 aromatic heterocycles. The van der Waals surface area contributed by atoms with Gasteiger partial charge in [0.25, 0.3) is 0 Å². The molecule has 0 aliphatic carbocycles. The summed E-state index contributed by atoms with van der Waals surface area (Å²) in [6, 6.07) is 0. The number of hydrogen-bond acceptors (Lipinski definition) is 0. The average Bonchev–Trinajstić information content (AvgIpc) is 1.84. The third-order valence-corrected chi connectivity index (χ3v) is 2.39. The van der Waals surface area contributed by atoms with Gasteiger partial charge < -0.3 is 0 Å². The van der Waals surface area contributed by atoms with E-state index >= 15 is 0 Å². The van der Waals surface area contributed by atoms with Gasteiger partial charge in [0.05, 0.1) is 0 Å². The second-order valence-corrected chi connectivity index (χ2v) is 5.18. The topological polar surface area (TPSA) is 0 Å². The molecule has 0 radical (unpaired) electrons. The molecule has 4 heteroatoms. The second-order valence-electron chi connectivity index (χ2n) is 2.78. The Morgan fingerprint density at radius 1 is 0.917 bits per heavy atom. The van der Waals surface area contributed by atoms with Crippen molar-refractivity contribution in [3.05, 3.63) is 10.1 Å². The molecule has 0 fully saturated rings. The first-order valence-corrected chi connectivity index (χ1v) is 5.37. The zero-order valence-electron chi connectivity index (χ0n) is 7.08. The third kappa shape index (κ3) is 6.42. The molecule has 2 unspecified atom stereocenters. The fraction of sp³-hybridized carbons (Fsp3) is 0.750. The largest absolute Gasteiger partial charge is 0.123 e. The summed E-state index contributed by atoms with van der Waals surface area (Å²) in [6.07, 6.45) is 1.21. The van der Waals surface area contributed by atoms with Crippen LogP contribution >= 0.6 is 46.4 Å². The summed E-state index contributed by atoms with van der Waals surface area (Å²) in [5.74, 6) is 0. The monoisotopic (exact) mass is 248 g/mol. The molecule has 0 saturated heterocycles. The van der Waals surface area contributed by atoms with Gasteiger partial charge in [0.1, 0.15) is 0 Å². The van der Waals surface area contributed by atoms with E-state index in [1.165, 1.54) is 0 Å². The van der Waals surface area contributed by atoms with Gasteiger partial charge >= 0.3 is 0 Å². The van der Waals surface area contributed by atoms with Crippen LogP contribution in [0.25, 0.3) is 0 Å². The van der Waals surface area contributed by atoms with Gasteiger partial charge in [-0.15, -0.1) is 23.2 Å². The van der Waals surface area contributed by atoms with Crippen LogP contribution in [0.4, 0.5) is 0 Å². The highest BCUT2D eigenvalue weighted by Crippen LogP contribution is 2.25. The summed E-state index contributed by atoms with van der Waals surface area (Å²) in [4.78, 5) is 0. The minimum atomic E-state index is 0.0110. The summed E-state index contributed by atoms with van der Waals surface area (Å²) in [6.45, 7) is 3.75. The maximum Gasteiger partial charge on any atom is 0.0357 e. The SMILES string of the molecule is CC(Cl)CC(Cl)=C(Cl)CC(C)Cl. The van der Waals surface area contributed by atoms with Crippen LogP contribution in [0.3, 0.4) is 0 Å². The quantitative estimate of drug-likeness (QED) is 0.633. The molecule has 0 amide bonds. The minimum absolute atomic E-state index is 0.0110. The van der Waals surface area contributed by atoms with Gasteiger partial charge in [-0.1, -0.05) is 23.2 Å². The minimum Gasteiger partial charge on any atom is -0.123 e. The first kappa shape index (κ1) is 12.9. The molecule has 0 spiro atoms. The van der Waals surface area contributed by atoms with Gasteiger partial charge in [-0.2, -0.15) is 0 Å². The van der Waals surface area contributed by atoms with E-state index in [2.05, 4.69) is 0 Å². The van der Waals surface area contributed by atoms with Crippen molar-refractivity contribution in [2.45, 2.75) is 37.4 Å². The van der Waals surface area contributed by atoms with E-state index in [4.69, 9.17) is 46.4 Å². The molecule has 12 heavy (non-hydrogen) atoms. The Kier molecular flexibility index (Phi) is 6.85. The van der Waals surface area contributed by atoms with Gasteiger partial charge in [-0.25, -0.2) is 0 Å². The molecule has 2 atom stereocenters. The maximum absolute atomic E-state index is 5.87. The number of hydrogen-bond donors (Lipinski definition) is 0. The predicted octanol–water partition coefficient (Wildman–Crippen LogP) is 4.71. The Labute approximate surface area is 93.8 Å². The second kappa shape index (κ2) is 6.37. The summed E-state index contributed by atoms with van der Waals surface area (Å²) < 4.78 is 0. The van der Waals surface area contributed by atoms with E-state index in [1.54, 1.807) is 0 Å². The van der Waals surface area contributed by atoms with E-state index in [0.717, 1.165) is 0 Å². The summed E-state index contributed by atoms with van der Waals surface area (Å²) >= 11 is 23.2. The molecule has 0 aromatic rings. The maximum atomic E-state index is 5.87. The van der Waals surface area contributed by atoms with Crippen molar-refractivity contribution in [2.75, 3.05) is 0 Å². The van der Waals surface area contributed by atoms with Gasteiger partial charge in [-0.3, -0.25) is 0 Å². The average molecular weight is 250 g/mol. The van der Waals surface area contributed by atoms with Crippen molar-refractivity contribution in [1.29, 1.82) is 0 Å². The van der Waals surface area contributed by atoms with Crippen LogP contribution in [-0.4, -0.2) is 10.8 Å². The zero-order chi connectivity index (χ0) is 9.72. The van der Waals surface area contributed by atoms with Gasteiger partial charge in [0.2, 0.25) is 0 Å². The van der Waals surface area contributed by atoms with Crippen molar-refractivity contribution < 1.29 is 0 Å². The summed E-state index contributed by atoms with van der Waals surface area (Å²) in [5.41, 5.74) is 0. The van der Waals surface area contributed by atoms with E-state index in [9.17, 15) is 0 Å². The molecule has 0 rings (SSSR count). The summed E-state index contributed by atoms with van der Waals surface area (Å²) in [7, 11) is 0. The van der Waals surface area contributed by atoms with Crippen LogP contribution in [0.5, 0.6) is 0 Å². The molecule has 0 bridgehead atoms. The Morgan fingerprint density at radius 2 is 1.17 bits per heavy atom. The molecule has 0 aliphatic rings. The molecule has 0 nitrogen and oxygen atoms in total. The first-order valence-electron chi connectivity index (χ1n) is 3.74. The summed E-state index contributed by atoms with van der Waals surface area (Å²) in [5, 5.41) is 1.26. The molecule has 0 N–H and O–H groups in total. The van der Waals surface area contributed by atoms with Crippen LogP contribution in [0.15, 0.2) is 10.1 Å². The van der Waals surface area contributed by atoms with Crippen molar-refractivity contribution in [1.82, 2.24) is 0 Å². The number of allylic oxidation sites excluding steroid dienone is 2. The molecule has 72 valence electrons. The fourth-order valence-electron chi connectivity index (χ4n) is 0.715. The van der Waals surface area contributed by atoms with Crippen molar-refractivity contribution in [3.8, 4) is 0 Å².